The Labute approximate surface area is 126 Å². The second kappa shape index (κ2) is 6.87. The SMILES string of the molecule is COC1CCCN(Cc2cccc(Cn3cccn3)c2)C1. The molecule has 1 aromatic heterocycles. The molecule has 4 nitrogen and oxygen atoms in total. The lowest BCUT2D eigenvalue weighted by Crippen LogP contribution is -2.38. The molecule has 21 heavy (non-hydrogen) atoms. The number of nitrogens with zero attached hydrogens (tertiary/aromatic N) is 3. The Kier molecular flexibility index (Phi) is 4.68. The maximum absolute atomic E-state index is 5.50. The average molecular weight is 285 g/mol. The van der Waals surface area contributed by atoms with Gasteiger partial charge >= 0.3 is 0 Å². The Bertz CT molecular complexity index is 553. The van der Waals surface area contributed by atoms with Crippen molar-refractivity contribution in [3.05, 3.63) is 53.9 Å². The molecule has 2 heterocycles. The van der Waals surface area contributed by atoms with E-state index in [1.807, 2.05) is 30.3 Å². The van der Waals surface area contributed by atoms with Crippen LogP contribution in [-0.4, -0.2) is 41.0 Å². The van der Waals surface area contributed by atoms with Gasteiger partial charge in [-0.2, -0.15) is 5.10 Å². The molecule has 1 aliphatic rings. The summed E-state index contributed by atoms with van der Waals surface area (Å²) in [6, 6.07) is 10.8. The van der Waals surface area contributed by atoms with E-state index in [0.717, 1.165) is 19.6 Å². The van der Waals surface area contributed by atoms with Gasteiger partial charge in [-0.3, -0.25) is 9.58 Å². The molecule has 112 valence electrons. The minimum atomic E-state index is 0.394. The van der Waals surface area contributed by atoms with E-state index in [2.05, 4.69) is 34.3 Å². The smallest absolute Gasteiger partial charge is 0.0698 e. The first-order valence-corrected chi connectivity index (χ1v) is 7.64. The number of ether oxygens (including phenoxy) is 1. The van der Waals surface area contributed by atoms with Gasteiger partial charge in [0.15, 0.2) is 0 Å². The lowest BCUT2D eigenvalue weighted by atomic mass is 10.1. The molecular formula is C17H23N3O. The number of hydrogen-bond acceptors (Lipinski definition) is 3. The van der Waals surface area contributed by atoms with Crippen LogP contribution in [0.15, 0.2) is 42.7 Å². The Morgan fingerprint density at radius 3 is 2.86 bits per heavy atom. The van der Waals surface area contributed by atoms with E-state index < -0.39 is 0 Å². The molecule has 1 aliphatic heterocycles. The van der Waals surface area contributed by atoms with Crippen LogP contribution in [0.1, 0.15) is 24.0 Å². The van der Waals surface area contributed by atoms with E-state index in [1.165, 1.54) is 30.5 Å². The highest BCUT2D eigenvalue weighted by molar-refractivity contribution is 5.23. The monoisotopic (exact) mass is 285 g/mol. The van der Waals surface area contributed by atoms with Crippen molar-refractivity contribution in [1.82, 2.24) is 14.7 Å². The molecule has 0 spiro atoms. The summed E-state index contributed by atoms with van der Waals surface area (Å²) in [7, 11) is 1.82. The third kappa shape index (κ3) is 3.93. The number of hydrogen-bond donors (Lipinski definition) is 0. The Hall–Kier alpha value is -1.65. The molecule has 0 saturated carbocycles. The number of benzene rings is 1. The van der Waals surface area contributed by atoms with Crippen LogP contribution in [0.3, 0.4) is 0 Å². The number of piperidine rings is 1. The highest BCUT2D eigenvalue weighted by Gasteiger charge is 2.19. The highest BCUT2D eigenvalue weighted by atomic mass is 16.5. The van der Waals surface area contributed by atoms with Crippen molar-refractivity contribution in [3.8, 4) is 0 Å². The first-order chi connectivity index (χ1) is 10.3. The maximum Gasteiger partial charge on any atom is 0.0698 e. The van der Waals surface area contributed by atoms with Gasteiger partial charge in [-0.15, -0.1) is 0 Å². The van der Waals surface area contributed by atoms with Gasteiger partial charge in [0.05, 0.1) is 12.6 Å². The molecular weight excluding hydrogens is 262 g/mol. The van der Waals surface area contributed by atoms with E-state index in [-0.39, 0.29) is 0 Å². The molecule has 0 N–H and O–H groups in total. The molecule has 2 aromatic rings. The second-order valence-corrected chi connectivity index (χ2v) is 5.76. The van der Waals surface area contributed by atoms with Gasteiger partial charge in [-0.1, -0.05) is 24.3 Å². The lowest BCUT2D eigenvalue weighted by molar-refractivity contribution is 0.0285. The summed E-state index contributed by atoms with van der Waals surface area (Å²) in [5.74, 6) is 0. The number of likely N-dealkylation sites (tertiary alicyclic amines) is 1. The molecule has 0 radical (unpaired) electrons. The number of aromatic nitrogens is 2. The highest BCUT2D eigenvalue weighted by Crippen LogP contribution is 2.16. The summed E-state index contributed by atoms with van der Waals surface area (Å²) in [6.45, 7) is 4.05. The molecule has 4 heteroatoms. The quantitative estimate of drug-likeness (QED) is 0.846. The predicted molar refractivity (Wildman–Crippen MR) is 83.1 cm³/mol. The minimum Gasteiger partial charge on any atom is -0.380 e. The largest absolute Gasteiger partial charge is 0.380 e. The average Bonchev–Trinajstić information content (AvgIpc) is 3.01. The maximum atomic E-state index is 5.50. The third-order valence-electron chi connectivity index (χ3n) is 4.10. The van der Waals surface area contributed by atoms with Crippen molar-refractivity contribution in [3.63, 3.8) is 0 Å². The Morgan fingerprint density at radius 1 is 1.24 bits per heavy atom. The lowest BCUT2D eigenvalue weighted by Gasteiger charge is -2.31. The predicted octanol–water partition coefficient (Wildman–Crippen LogP) is 2.54. The molecule has 0 aliphatic carbocycles. The van der Waals surface area contributed by atoms with E-state index in [9.17, 15) is 0 Å². The van der Waals surface area contributed by atoms with Gasteiger partial charge < -0.3 is 4.74 Å². The van der Waals surface area contributed by atoms with Crippen LogP contribution in [-0.2, 0) is 17.8 Å². The number of methoxy groups -OCH3 is 1. The summed E-state index contributed by atoms with van der Waals surface area (Å²) >= 11 is 0. The van der Waals surface area contributed by atoms with Crippen molar-refractivity contribution in [2.75, 3.05) is 20.2 Å². The van der Waals surface area contributed by atoms with Gasteiger partial charge in [0.25, 0.3) is 0 Å². The zero-order valence-corrected chi connectivity index (χ0v) is 12.6. The zero-order valence-electron chi connectivity index (χ0n) is 12.6. The van der Waals surface area contributed by atoms with Gasteiger partial charge in [0, 0.05) is 32.6 Å². The fourth-order valence-electron chi connectivity index (χ4n) is 3.01. The van der Waals surface area contributed by atoms with Crippen LogP contribution >= 0.6 is 0 Å². The molecule has 0 amide bonds. The fraction of sp³-hybridized carbons (Fsp3) is 0.471. The minimum absolute atomic E-state index is 0.394. The first-order valence-electron chi connectivity index (χ1n) is 7.64. The normalized spacial score (nSPS) is 19.8. The third-order valence-corrected chi connectivity index (χ3v) is 4.10. The topological polar surface area (TPSA) is 30.3 Å². The summed E-state index contributed by atoms with van der Waals surface area (Å²) in [5, 5.41) is 4.27. The van der Waals surface area contributed by atoms with Crippen LogP contribution < -0.4 is 0 Å². The summed E-state index contributed by atoms with van der Waals surface area (Å²) in [4.78, 5) is 2.49. The van der Waals surface area contributed by atoms with Crippen molar-refractivity contribution in [2.24, 2.45) is 0 Å². The van der Waals surface area contributed by atoms with Gasteiger partial charge in [-0.25, -0.2) is 0 Å². The van der Waals surface area contributed by atoms with Gasteiger partial charge in [-0.05, 0) is 36.6 Å². The Balaban J connectivity index is 1.63. The van der Waals surface area contributed by atoms with E-state index in [1.54, 1.807) is 0 Å². The van der Waals surface area contributed by atoms with Crippen LogP contribution in [0.25, 0.3) is 0 Å². The molecule has 0 bridgehead atoms. The van der Waals surface area contributed by atoms with Crippen LogP contribution in [0.5, 0.6) is 0 Å². The molecule has 1 atom stereocenters. The molecule has 1 saturated heterocycles. The fourth-order valence-corrected chi connectivity index (χ4v) is 3.01. The number of rotatable bonds is 5. The summed E-state index contributed by atoms with van der Waals surface area (Å²) in [5.41, 5.74) is 2.67. The molecule has 1 unspecified atom stereocenters. The van der Waals surface area contributed by atoms with Crippen molar-refractivity contribution >= 4 is 0 Å². The molecule has 1 aromatic carbocycles. The van der Waals surface area contributed by atoms with Crippen molar-refractivity contribution in [2.45, 2.75) is 32.0 Å². The van der Waals surface area contributed by atoms with Gasteiger partial charge in [0.1, 0.15) is 0 Å². The van der Waals surface area contributed by atoms with Gasteiger partial charge in [0.2, 0.25) is 0 Å². The van der Waals surface area contributed by atoms with Crippen molar-refractivity contribution < 1.29 is 4.74 Å². The first kappa shape index (κ1) is 14.3. The second-order valence-electron chi connectivity index (χ2n) is 5.76. The molecule has 3 rings (SSSR count). The van der Waals surface area contributed by atoms with Crippen LogP contribution in [0, 0.1) is 0 Å². The van der Waals surface area contributed by atoms with Crippen LogP contribution in [0.4, 0.5) is 0 Å². The van der Waals surface area contributed by atoms with E-state index in [0.29, 0.717) is 6.10 Å². The standard InChI is InChI=1S/C17H23N3O/c1-21-17-7-3-9-19(14-17)12-15-5-2-6-16(11-15)13-20-10-4-8-18-20/h2,4-6,8,10-11,17H,3,7,9,12-14H2,1H3. The van der Waals surface area contributed by atoms with E-state index in [4.69, 9.17) is 4.74 Å². The van der Waals surface area contributed by atoms with Crippen LogP contribution in [0.2, 0.25) is 0 Å². The summed E-state index contributed by atoms with van der Waals surface area (Å²) in [6.07, 6.45) is 6.63. The Morgan fingerprint density at radius 2 is 2.10 bits per heavy atom. The summed E-state index contributed by atoms with van der Waals surface area (Å²) < 4.78 is 7.46. The molecule has 1 fully saturated rings. The zero-order chi connectivity index (χ0) is 14.5. The van der Waals surface area contributed by atoms with E-state index >= 15 is 0 Å². The van der Waals surface area contributed by atoms with Crippen molar-refractivity contribution in [1.29, 1.82) is 0 Å².